The monoisotopic (exact) mass is 324 g/mol. The molecule has 4 atom stereocenters. The zero-order valence-electron chi connectivity index (χ0n) is 12.6. The minimum Gasteiger partial charge on any atom is -0.394 e. The minimum absolute atomic E-state index is 0.273. The molecule has 0 fully saturated rings. The van der Waals surface area contributed by atoms with Crippen LogP contribution in [-0.4, -0.2) is 69.7 Å². The van der Waals surface area contributed by atoms with E-state index >= 15 is 0 Å². The number of aliphatic hydroxyl groups excluding tert-OH is 4. The summed E-state index contributed by atoms with van der Waals surface area (Å²) < 4.78 is 0. The first-order valence-electron chi connectivity index (χ1n) is 7.23. The van der Waals surface area contributed by atoms with Crippen LogP contribution in [0.5, 0.6) is 0 Å². The normalized spacial score (nSPS) is 22.0. The lowest BCUT2D eigenvalue weighted by Gasteiger charge is -2.29. The van der Waals surface area contributed by atoms with Crippen LogP contribution in [0.2, 0.25) is 0 Å². The zero-order chi connectivity index (χ0) is 17.1. The Kier molecular flexibility index (Phi) is 5.32. The quantitative estimate of drug-likeness (QED) is 0.436. The number of amides is 2. The van der Waals surface area contributed by atoms with E-state index in [1.54, 1.807) is 24.3 Å². The summed E-state index contributed by atoms with van der Waals surface area (Å²) in [6.45, 7) is 0.469. The largest absolute Gasteiger partial charge is 0.394 e. The average Bonchev–Trinajstić information content (AvgIpc) is 2.64. The molecule has 1 aliphatic rings. The third-order valence-corrected chi connectivity index (χ3v) is 3.77. The van der Waals surface area contributed by atoms with E-state index in [0.29, 0.717) is 5.69 Å². The molecule has 2 amide bonds. The molecule has 0 saturated carbocycles. The number of β-amino-alcohol motifs (C(OH)–C–C–N with tert-alkyl or cyclic N) is 1. The fourth-order valence-corrected chi connectivity index (χ4v) is 2.44. The number of hydrogen-bond donors (Lipinski definition) is 5. The Morgan fingerprint density at radius 1 is 1.17 bits per heavy atom. The Hall–Kier alpha value is -2.00. The summed E-state index contributed by atoms with van der Waals surface area (Å²) in [7, 11) is 0. The van der Waals surface area contributed by atoms with Gasteiger partial charge in [-0.25, -0.2) is 0 Å². The topological polar surface area (TPSA) is 130 Å². The number of carbonyl (C=O) groups excluding carboxylic acids is 2. The van der Waals surface area contributed by atoms with E-state index in [9.17, 15) is 24.9 Å². The van der Waals surface area contributed by atoms with Gasteiger partial charge in [0.1, 0.15) is 24.4 Å². The van der Waals surface area contributed by atoms with Crippen molar-refractivity contribution in [3.05, 3.63) is 29.8 Å². The van der Waals surface area contributed by atoms with Gasteiger partial charge in [0.25, 0.3) is 5.91 Å². The van der Waals surface area contributed by atoms with Crippen LogP contribution in [0.4, 0.5) is 5.69 Å². The van der Waals surface area contributed by atoms with Gasteiger partial charge in [0, 0.05) is 0 Å². The lowest BCUT2D eigenvalue weighted by Crippen LogP contribution is -2.50. The van der Waals surface area contributed by atoms with Gasteiger partial charge >= 0.3 is 0 Å². The van der Waals surface area contributed by atoms with Crippen molar-refractivity contribution in [3.8, 4) is 0 Å². The Bertz CT molecular complexity index is 593. The van der Waals surface area contributed by atoms with E-state index in [2.05, 4.69) is 5.32 Å². The highest BCUT2D eigenvalue weighted by Crippen LogP contribution is 2.24. The third-order valence-electron chi connectivity index (χ3n) is 3.77. The number of benzene rings is 1. The van der Waals surface area contributed by atoms with Gasteiger partial charge in [-0.3, -0.25) is 9.59 Å². The van der Waals surface area contributed by atoms with Gasteiger partial charge in [-0.15, -0.1) is 0 Å². The zero-order valence-corrected chi connectivity index (χ0v) is 12.6. The highest BCUT2D eigenvalue weighted by Gasteiger charge is 2.34. The summed E-state index contributed by atoms with van der Waals surface area (Å²) in [5.74, 6) is -0.859. The first kappa shape index (κ1) is 17.4. The molecule has 8 heteroatoms. The van der Waals surface area contributed by atoms with Crippen LogP contribution in [0, 0.1) is 0 Å². The Morgan fingerprint density at radius 2 is 1.83 bits per heavy atom. The number of rotatable bonds is 5. The van der Waals surface area contributed by atoms with Crippen LogP contribution in [0.3, 0.4) is 0 Å². The second-order valence-corrected chi connectivity index (χ2v) is 5.47. The van der Waals surface area contributed by atoms with Crippen molar-refractivity contribution >= 4 is 17.5 Å². The van der Waals surface area contributed by atoms with Crippen LogP contribution in [-0.2, 0) is 4.79 Å². The second kappa shape index (κ2) is 7.05. The minimum atomic E-state index is -1.62. The maximum Gasteiger partial charge on any atom is 0.254 e. The van der Waals surface area contributed by atoms with Crippen molar-refractivity contribution in [2.45, 2.75) is 31.3 Å². The van der Waals surface area contributed by atoms with Crippen LogP contribution in [0.1, 0.15) is 17.3 Å². The number of aliphatic hydroxyl groups is 4. The molecule has 0 saturated heterocycles. The summed E-state index contributed by atoms with van der Waals surface area (Å²) in [4.78, 5) is 25.8. The maximum absolute atomic E-state index is 12.5. The second-order valence-electron chi connectivity index (χ2n) is 5.47. The van der Waals surface area contributed by atoms with Crippen molar-refractivity contribution in [3.63, 3.8) is 0 Å². The number of anilines is 1. The van der Waals surface area contributed by atoms with Gasteiger partial charge in [0.2, 0.25) is 5.91 Å². The number of nitrogens with one attached hydrogen (secondary N) is 1. The van der Waals surface area contributed by atoms with E-state index in [1.807, 2.05) is 0 Å². The molecule has 0 aromatic heterocycles. The Labute approximate surface area is 133 Å². The first-order valence-corrected chi connectivity index (χ1v) is 7.23. The fraction of sp³-hybridized carbons (Fsp3) is 0.467. The van der Waals surface area contributed by atoms with Gasteiger partial charge in [-0.1, -0.05) is 12.1 Å². The third kappa shape index (κ3) is 3.50. The van der Waals surface area contributed by atoms with E-state index in [-0.39, 0.29) is 12.1 Å². The smallest absolute Gasteiger partial charge is 0.254 e. The number of nitrogens with zero attached hydrogens (tertiary/aromatic N) is 1. The predicted molar refractivity (Wildman–Crippen MR) is 80.8 cm³/mol. The van der Waals surface area contributed by atoms with Crippen molar-refractivity contribution in [2.75, 3.05) is 18.1 Å². The van der Waals surface area contributed by atoms with Crippen molar-refractivity contribution in [1.82, 2.24) is 5.32 Å². The van der Waals surface area contributed by atoms with Crippen LogP contribution in [0.15, 0.2) is 24.3 Å². The number of carbonyl (C=O) groups is 2. The summed E-state index contributed by atoms with van der Waals surface area (Å²) in [5, 5.41) is 40.6. The Balaban J connectivity index is 2.32. The average molecular weight is 324 g/mol. The summed E-state index contributed by atoms with van der Waals surface area (Å²) in [6.07, 6.45) is -4.64. The highest BCUT2D eigenvalue weighted by atomic mass is 16.4. The number of fused-ring (bicyclic) bond motifs is 1. The van der Waals surface area contributed by atoms with Crippen LogP contribution < -0.4 is 10.2 Å². The molecule has 0 radical (unpaired) electrons. The predicted octanol–water partition coefficient (Wildman–Crippen LogP) is -1.77. The van der Waals surface area contributed by atoms with E-state index < -0.39 is 42.8 Å². The molecule has 8 nitrogen and oxygen atoms in total. The van der Waals surface area contributed by atoms with E-state index in [1.165, 1.54) is 11.8 Å². The molecule has 0 bridgehead atoms. The lowest BCUT2D eigenvalue weighted by molar-refractivity contribution is -0.121. The van der Waals surface area contributed by atoms with Crippen molar-refractivity contribution in [2.24, 2.45) is 0 Å². The molecule has 1 heterocycles. The molecule has 23 heavy (non-hydrogen) atoms. The van der Waals surface area contributed by atoms with Gasteiger partial charge < -0.3 is 30.6 Å². The highest BCUT2D eigenvalue weighted by molar-refractivity contribution is 6.10. The first-order chi connectivity index (χ1) is 10.9. The molecular weight excluding hydrogens is 304 g/mol. The molecule has 126 valence electrons. The molecule has 0 spiro atoms. The van der Waals surface area contributed by atoms with Gasteiger partial charge in [0.05, 0.1) is 24.4 Å². The molecular formula is C15H20N2O6. The van der Waals surface area contributed by atoms with E-state index in [4.69, 9.17) is 5.11 Å². The summed E-state index contributed by atoms with van der Waals surface area (Å²) in [5.41, 5.74) is 0.582. The Morgan fingerprint density at radius 3 is 2.48 bits per heavy atom. The fourth-order valence-electron chi connectivity index (χ4n) is 2.44. The lowest BCUT2D eigenvalue weighted by atomic mass is 10.1. The maximum atomic E-state index is 12.5. The summed E-state index contributed by atoms with van der Waals surface area (Å²) >= 11 is 0. The molecule has 2 rings (SSSR count). The molecule has 5 N–H and O–H groups in total. The van der Waals surface area contributed by atoms with Crippen LogP contribution >= 0.6 is 0 Å². The standard InChI is InChI=1S/C15H20N2O6/c1-8-15(23)17(6-11(19)13(21)12(20)7-18)10-5-3-2-4-9(10)14(22)16-8/h2-5,8,11-13,18-21H,6-7H2,1H3,(H,16,22)/t8?,11-,12+,13+/m0/s1. The number of hydrogen-bond acceptors (Lipinski definition) is 6. The molecule has 1 unspecified atom stereocenters. The summed E-state index contributed by atoms with van der Waals surface area (Å²) in [6, 6.07) is 5.61. The van der Waals surface area contributed by atoms with Crippen molar-refractivity contribution in [1.29, 1.82) is 0 Å². The van der Waals surface area contributed by atoms with Gasteiger partial charge in [-0.05, 0) is 19.1 Å². The molecule has 0 aliphatic carbocycles. The molecule has 1 aromatic rings. The van der Waals surface area contributed by atoms with Gasteiger partial charge in [0.15, 0.2) is 0 Å². The van der Waals surface area contributed by atoms with Gasteiger partial charge in [-0.2, -0.15) is 0 Å². The van der Waals surface area contributed by atoms with Crippen molar-refractivity contribution < 1.29 is 30.0 Å². The molecule has 1 aromatic carbocycles. The SMILES string of the molecule is CC1NC(=O)c2ccccc2N(C[C@H](O)[C@@H](O)[C@H](O)CO)C1=O. The molecule has 1 aliphatic heterocycles. The van der Waals surface area contributed by atoms with E-state index in [0.717, 1.165) is 0 Å². The number of para-hydroxylation sites is 1. The van der Waals surface area contributed by atoms with Crippen LogP contribution in [0.25, 0.3) is 0 Å².